The van der Waals surface area contributed by atoms with Gasteiger partial charge >= 0.3 is 0 Å². The first-order valence-electron chi connectivity index (χ1n) is 5.37. The Morgan fingerprint density at radius 1 is 1.60 bits per heavy atom. The van der Waals surface area contributed by atoms with Gasteiger partial charge in [-0.05, 0) is 18.6 Å². The first kappa shape index (κ1) is 8.97. The second-order valence-electron chi connectivity index (χ2n) is 4.18. The number of aromatic nitrogens is 1. The summed E-state index contributed by atoms with van der Waals surface area (Å²) in [6.45, 7) is 2.13. The van der Waals surface area contributed by atoms with Crippen molar-refractivity contribution < 1.29 is 4.74 Å². The maximum Gasteiger partial charge on any atom is 0.171 e. The third kappa shape index (κ3) is 1.36. The Hall–Kier alpha value is -1.29. The molecule has 2 aliphatic heterocycles. The standard InChI is InChI=1S/C11H15N3O/c1-15-10-3-2-4-12-11(10)14-7-8-5-9(14)6-13-8/h2-4,8-9,13H,5-7H2,1H3/t8-,9-/m0/s1. The predicted octanol–water partition coefficient (Wildman–Crippen LogP) is 0.641. The predicted molar refractivity (Wildman–Crippen MR) is 58.3 cm³/mol. The van der Waals surface area contributed by atoms with Crippen LogP contribution < -0.4 is 15.0 Å². The molecule has 2 atom stereocenters. The van der Waals surface area contributed by atoms with Gasteiger partial charge in [0.25, 0.3) is 0 Å². The smallest absolute Gasteiger partial charge is 0.171 e. The molecular formula is C11H15N3O. The minimum Gasteiger partial charge on any atom is -0.493 e. The summed E-state index contributed by atoms with van der Waals surface area (Å²) in [5.74, 6) is 1.87. The second-order valence-corrected chi connectivity index (χ2v) is 4.18. The van der Waals surface area contributed by atoms with Crippen molar-refractivity contribution in [2.75, 3.05) is 25.1 Å². The van der Waals surface area contributed by atoms with Crippen molar-refractivity contribution in [3.8, 4) is 5.75 Å². The SMILES string of the molecule is COc1cccnc1N1C[C@@H]2C[C@H]1CN2. The van der Waals surface area contributed by atoms with Crippen LogP contribution in [0.1, 0.15) is 6.42 Å². The molecule has 2 fully saturated rings. The van der Waals surface area contributed by atoms with Gasteiger partial charge in [-0.3, -0.25) is 0 Å². The first-order chi connectivity index (χ1) is 7.38. The molecule has 3 rings (SSSR count). The topological polar surface area (TPSA) is 37.4 Å². The maximum absolute atomic E-state index is 5.34. The summed E-state index contributed by atoms with van der Waals surface area (Å²) in [5.41, 5.74) is 0. The molecule has 0 saturated carbocycles. The number of ether oxygens (including phenoxy) is 1. The van der Waals surface area contributed by atoms with Gasteiger partial charge in [0.2, 0.25) is 0 Å². The Morgan fingerprint density at radius 2 is 2.53 bits per heavy atom. The van der Waals surface area contributed by atoms with E-state index in [1.54, 1.807) is 7.11 Å². The molecule has 1 aromatic heterocycles. The quantitative estimate of drug-likeness (QED) is 0.769. The molecule has 0 aromatic carbocycles. The van der Waals surface area contributed by atoms with Gasteiger partial charge in [-0.2, -0.15) is 0 Å². The zero-order valence-corrected chi connectivity index (χ0v) is 8.81. The highest BCUT2D eigenvalue weighted by Crippen LogP contribution is 2.33. The molecule has 2 aliphatic rings. The summed E-state index contributed by atoms with van der Waals surface area (Å²) >= 11 is 0. The molecule has 1 N–H and O–H groups in total. The summed E-state index contributed by atoms with van der Waals surface area (Å²) in [6, 6.07) is 5.12. The summed E-state index contributed by atoms with van der Waals surface area (Å²) in [7, 11) is 1.70. The third-order valence-corrected chi connectivity index (χ3v) is 3.30. The van der Waals surface area contributed by atoms with Crippen LogP contribution in [-0.4, -0.2) is 37.3 Å². The van der Waals surface area contributed by atoms with E-state index in [-0.39, 0.29) is 0 Å². The molecule has 0 radical (unpaired) electrons. The molecule has 15 heavy (non-hydrogen) atoms. The average Bonchev–Trinajstić information content (AvgIpc) is 2.90. The van der Waals surface area contributed by atoms with E-state index in [2.05, 4.69) is 15.2 Å². The fraction of sp³-hybridized carbons (Fsp3) is 0.545. The van der Waals surface area contributed by atoms with E-state index in [1.165, 1.54) is 6.42 Å². The number of methoxy groups -OCH3 is 1. The average molecular weight is 205 g/mol. The lowest BCUT2D eigenvalue weighted by atomic mass is 10.2. The van der Waals surface area contributed by atoms with E-state index in [4.69, 9.17) is 4.74 Å². The molecule has 3 heterocycles. The first-order valence-corrected chi connectivity index (χ1v) is 5.37. The van der Waals surface area contributed by atoms with E-state index < -0.39 is 0 Å². The summed E-state index contributed by atoms with van der Waals surface area (Å²) in [4.78, 5) is 6.78. The lowest BCUT2D eigenvalue weighted by molar-refractivity contribution is 0.410. The fourth-order valence-corrected chi connectivity index (χ4v) is 2.58. The van der Waals surface area contributed by atoms with Crippen molar-refractivity contribution in [3.63, 3.8) is 0 Å². The Kier molecular flexibility index (Phi) is 2.02. The molecule has 4 nitrogen and oxygen atoms in total. The molecule has 0 amide bonds. The van der Waals surface area contributed by atoms with Crippen LogP contribution in [0.2, 0.25) is 0 Å². The van der Waals surface area contributed by atoms with Crippen LogP contribution in [0.5, 0.6) is 5.75 Å². The van der Waals surface area contributed by atoms with Crippen LogP contribution in [0.25, 0.3) is 0 Å². The maximum atomic E-state index is 5.34. The summed E-state index contributed by atoms with van der Waals surface area (Å²) < 4.78 is 5.34. The van der Waals surface area contributed by atoms with Crippen molar-refractivity contribution in [2.24, 2.45) is 0 Å². The fourth-order valence-electron chi connectivity index (χ4n) is 2.58. The normalized spacial score (nSPS) is 28.5. The molecule has 0 aliphatic carbocycles. The van der Waals surface area contributed by atoms with Crippen LogP contribution in [0.3, 0.4) is 0 Å². The minimum absolute atomic E-state index is 0.596. The monoisotopic (exact) mass is 205 g/mol. The molecule has 80 valence electrons. The Balaban J connectivity index is 1.92. The summed E-state index contributed by atoms with van der Waals surface area (Å²) in [6.07, 6.45) is 3.07. The second kappa shape index (κ2) is 3.38. The zero-order valence-electron chi connectivity index (χ0n) is 8.81. The highest BCUT2D eigenvalue weighted by atomic mass is 16.5. The number of rotatable bonds is 2. The molecule has 2 saturated heterocycles. The molecule has 1 aromatic rings. The Morgan fingerprint density at radius 3 is 3.20 bits per heavy atom. The number of hydrogen-bond acceptors (Lipinski definition) is 4. The van der Waals surface area contributed by atoms with Crippen LogP contribution in [-0.2, 0) is 0 Å². The van der Waals surface area contributed by atoms with Gasteiger partial charge in [0.1, 0.15) is 0 Å². The van der Waals surface area contributed by atoms with E-state index in [0.29, 0.717) is 12.1 Å². The van der Waals surface area contributed by atoms with Crippen LogP contribution in [0, 0.1) is 0 Å². The van der Waals surface area contributed by atoms with Crippen LogP contribution in [0.4, 0.5) is 5.82 Å². The third-order valence-electron chi connectivity index (χ3n) is 3.30. The zero-order chi connectivity index (χ0) is 10.3. The number of anilines is 1. The van der Waals surface area contributed by atoms with Gasteiger partial charge in [-0.1, -0.05) is 0 Å². The van der Waals surface area contributed by atoms with Gasteiger partial charge < -0.3 is 15.0 Å². The molecule has 0 unspecified atom stereocenters. The van der Waals surface area contributed by atoms with E-state index in [0.717, 1.165) is 24.7 Å². The lowest BCUT2D eigenvalue weighted by Crippen LogP contribution is -2.44. The number of nitrogens with zero attached hydrogens (tertiary/aromatic N) is 2. The lowest BCUT2D eigenvalue weighted by Gasteiger charge is -2.29. The van der Waals surface area contributed by atoms with Crippen molar-refractivity contribution in [1.82, 2.24) is 10.3 Å². The van der Waals surface area contributed by atoms with Gasteiger partial charge in [0.05, 0.1) is 7.11 Å². The number of pyridine rings is 1. The molecular weight excluding hydrogens is 190 g/mol. The highest BCUT2D eigenvalue weighted by molar-refractivity contribution is 5.54. The number of hydrogen-bond donors (Lipinski definition) is 1. The van der Waals surface area contributed by atoms with Crippen LogP contribution >= 0.6 is 0 Å². The van der Waals surface area contributed by atoms with Gasteiger partial charge in [-0.25, -0.2) is 4.98 Å². The van der Waals surface area contributed by atoms with Crippen molar-refractivity contribution in [3.05, 3.63) is 18.3 Å². The van der Waals surface area contributed by atoms with Crippen molar-refractivity contribution >= 4 is 5.82 Å². The molecule has 0 spiro atoms. The van der Waals surface area contributed by atoms with Gasteiger partial charge in [-0.15, -0.1) is 0 Å². The van der Waals surface area contributed by atoms with E-state index >= 15 is 0 Å². The largest absolute Gasteiger partial charge is 0.493 e. The summed E-state index contributed by atoms with van der Waals surface area (Å²) in [5, 5.41) is 3.48. The Labute approximate surface area is 89.3 Å². The highest BCUT2D eigenvalue weighted by Gasteiger charge is 2.39. The Bertz CT molecular complexity index is 369. The van der Waals surface area contributed by atoms with E-state index in [9.17, 15) is 0 Å². The molecule has 2 bridgehead atoms. The number of nitrogens with one attached hydrogen (secondary N) is 1. The molecule has 4 heteroatoms. The van der Waals surface area contributed by atoms with Crippen molar-refractivity contribution in [2.45, 2.75) is 18.5 Å². The number of piperazine rings is 1. The number of fused-ring (bicyclic) bond motifs is 2. The van der Waals surface area contributed by atoms with E-state index in [1.807, 2.05) is 18.3 Å². The minimum atomic E-state index is 0.596. The van der Waals surface area contributed by atoms with Gasteiger partial charge in [0, 0.05) is 31.4 Å². The van der Waals surface area contributed by atoms with Crippen molar-refractivity contribution in [1.29, 1.82) is 0 Å². The van der Waals surface area contributed by atoms with Gasteiger partial charge in [0.15, 0.2) is 11.6 Å². The van der Waals surface area contributed by atoms with Crippen LogP contribution in [0.15, 0.2) is 18.3 Å².